The molecule has 13 heteroatoms. The van der Waals surface area contributed by atoms with Crippen LogP contribution in [0.3, 0.4) is 0 Å². The van der Waals surface area contributed by atoms with Crippen LogP contribution in [0.2, 0.25) is 0 Å². The molecular formula is C29H45BN4O8. The van der Waals surface area contributed by atoms with Crippen molar-refractivity contribution in [1.82, 2.24) is 20.4 Å². The van der Waals surface area contributed by atoms with E-state index in [1.54, 1.807) is 46.4 Å². The molecule has 12 nitrogen and oxygen atoms in total. The Morgan fingerprint density at radius 1 is 1.02 bits per heavy atom. The molecule has 2 aliphatic rings. The van der Waals surface area contributed by atoms with Crippen LogP contribution in [0.4, 0.5) is 9.59 Å². The first kappa shape index (κ1) is 33.2. The van der Waals surface area contributed by atoms with Crippen molar-refractivity contribution in [3.8, 4) is 0 Å². The highest BCUT2D eigenvalue weighted by Crippen LogP contribution is 2.29. The Labute approximate surface area is 248 Å². The fourth-order valence-corrected chi connectivity index (χ4v) is 5.18. The number of benzene rings is 1. The van der Waals surface area contributed by atoms with Gasteiger partial charge in [-0.2, -0.15) is 0 Å². The molecule has 232 valence electrons. The van der Waals surface area contributed by atoms with Gasteiger partial charge in [-0.1, -0.05) is 58.4 Å². The van der Waals surface area contributed by atoms with E-state index in [4.69, 9.17) is 9.47 Å². The lowest BCUT2D eigenvalue weighted by Gasteiger charge is -2.36. The zero-order valence-electron chi connectivity index (χ0n) is 25.7. The smallest absolute Gasteiger partial charge is 0.444 e. The monoisotopic (exact) mass is 588 g/mol. The van der Waals surface area contributed by atoms with Crippen LogP contribution in [-0.2, 0) is 32.2 Å². The summed E-state index contributed by atoms with van der Waals surface area (Å²) in [6.07, 6.45) is -1.24. The number of ether oxygens (including phenoxy) is 2. The van der Waals surface area contributed by atoms with Gasteiger partial charge >= 0.3 is 19.3 Å². The number of nitrogens with zero attached hydrogens (tertiary/aromatic N) is 2. The van der Waals surface area contributed by atoms with Crippen LogP contribution >= 0.6 is 0 Å². The summed E-state index contributed by atoms with van der Waals surface area (Å²) in [5.41, 5.74) is 0.498. The van der Waals surface area contributed by atoms with Gasteiger partial charge in [0, 0.05) is 19.5 Å². The third-order valence-corrected chi connectivity index (χ3v) is 7.28. The maximum absolute atomic E-state index is 14.0. The van der Waals surface area contributed by atoms with E-state index in [1.807, 2.05) is 31.2 Å². The molecule has 0 aliphatic carbocycles. The Hall–Kier alpha value is -3.32. The molecule has 3 rings (SSSR count). The molecule has 0 bridgehead atoms. The van der Waals surface area contributed by atoms with Crippen molar-refractivity contribution >= 4 is 31.1 Å². The van der Waals surface area contributed by atoms with Gasteiger partial charge in [-0.05, 0) is 43.7 Å². The first-order valence-corrected chi connectivity index (χ1v) is 14.5. The van der Waals surface area contributed by atoms with E-state index in [-0.39, 0.29) is 13.0 Å². The molecule has 42 heavy (non-hydrogen) atoms. The average molecular weight is 589 g/mol. The lowest BCUT2D eigenvalue weighted by atomic mass is 9.76. The number of likely N-dealkylation sites (tertiary alicyclic amines) is 1. The van der Waals surface area contributed by atoms with E-state index < -0.39 is 66.3 Å². The molecule has 0 radical (unpaired) electrons. The first-order chi connectivity index (χ1) is 19.5. The highest BCUT2D eigenvalue weighted by molar-refractivity contribution is 6.43. The fraction of sp³-hybridized carbons (Fsp3) is 0.655. The van der Waals surface area contributed by atoms with Gasteiger partial charge < -0.3 is 35.1 Å². The molecule has 1 aromatic carbocycles. The summed E-state index contributed by atoms with van der Waals surface area (Å²) in [5, 5.41) is 24.9. The summed E-state index contributed by atoms with van der Waals surface area (Å²) in [5.74, 6) is -2.09. The Morgan fingerprint density at radius 2 is 1.62 bits per heavy atom. The average Bonchev–Trinajstić information content (AvgIpc) is 3.49. The molecule has 0 saturated carbocycles. The van der Waals surface area contributed by atoms with E-state index in [0.717, 1.165) is 11.1 Å². The molecule has 1 saturated heterocycles. The maximum atomic E-state index is 14.0. The molecule has 0 spiro atoms. The van der Waals surface area contributed by atoms with Crippen molar-refractivity contribution in [1.29, 1.82) is 0 Å². The van der Waals surface area contributed by atoms with Crippen LogP contribution < -0.4 is 10.6 Å². The second-order valence-electron chi connectivity index (χ2n) is 13.1. The Balaban J connectivity index is 1.82. The number of amides is 4. The molecule has 0 unspecified atom stereocenters. The Kier molecular flexibility index (Phi) is 10.5. The minimum atomic E-state index is -1.79. The molecular weight excluding hydrogens is 543 g/mol. The van der Waals surface area contributed by atoms with E-state index in [2.05, 4.69) is 10.6 Å². The summed E-state index contributed by atoms with van der Waals surface area (Å²) in [4.78, 5) is 56.1. The molecule has 1 aromatic rings. The molecule has 2 aliphatic heterocycles. The number of rotatable bonds is 8. The Bertz CT molecular complexity index is 1120. The predicted molar refractivity (Wildman–Crippen MR) is 156 cm³/mol. The maximum Gasteiger partial charge on any atom is 0.475 e. The van der Waals surface area contributed by atoms with Crippen molar-refractivity contribution in [3.63, 3.8) is 0 Å². The lowest BCUT2D eigenvalue weighted by molar-refractivity contribution is -0.142. The minimum absolute atomic E-state index is 0.00771. The molecule has 0 aromatic heterocycles. The fourth-order valence-electron chi connectivity index (χ4n) is 5.18. The van der Waals surface area contributed by atoms with Crippen molar-refractivity contribution in [2.24, 2.45) is 5.41 Å². The van der Waals surface area contributed by atoms with E-state index in [1.165, 1.54) is 4.90 Å². The molecule has 4 amide bonds. The number of fused-ring (bicyclic) bond motifs is 1. The van der Waals surface area contributed by atoms with Gasteiger partial charge in [-0.15, -0.1) is 0 Å². The second-order valence-corrected chi connectivity index (χ2v) is 13.1. The van der Waals surface area contributed by atoms with Gasteiger partial charge in [-0.25, -0.2) is 9.59 Å². The summed E-state index contributed by atoms with van der Waals surface area (Å²) in [6, 6.07) is 5.57. The van der Waals surface area contributed by atoms with Gasteiger partial charge in [0.15, 0.2) is 0 Å². The number of nitrogens with one attached hydrogen (secondary N) is 2. The van der Waals surface area contributed by atoms with Gasteiger partial charge in [0.1, 0.15) is 23.8 Å². The van der Waals surface area contributed by atoms with E-state index in [0.29, 0.717) is 25.9 Å². The van der Waals surface area contributed by atoms with Gasteiger partial charge in [0.25, 0.3) is 0 Å². The number of hydrogen-bond acceptors (Lipinski definition) is 8. The summed E-state index contributed by atoms with van der Waals surface area (Å²) in [7, 11) is -1.79. The molecule has 1 fully saturated rings. The van der Waals surface area contributed by atoms with E-state index in [9.17, 15) is 29.2 Å². The zero-order valence-corrected chi connectivity index (χ0v) is 25.7. The summed E-state index contributed by atoms with van der Waals surface area (Å²) in [6.45, 7) is 13.0. The van der Waals surface area contributed by atoms with Crippen molar-refractivity contribution in [3.05, 3.63) is 35.4 Å². The normalized spacial score (nSPS) is 19.9. The van der Waals surface area contributed by atoms with Gasteiger partial charge in [0.05, 0.1) is 12.5 Å². The van der Waals surface area contributed by atoms with Crippen LogP contribution in [0.5, 0.6) is 0 Å². The summed E-state index contributed by atoms with van der Waals surface area (Å²) < 4.78 is 11.2. The molecule has 2 heterocycles. The standard InChI is InChI=1S/C29H45BN4O8/c1-8-11-22(30(39)40)31-24(35)21-14-20(41-27(38)33-15-18-12-9-10-13-19(18)16-33)17-34(21)25(36)23(28(2,3)4)32-26(37)42-29(5,6)7/h9-10,12-13,20-23,39-40H,8,11,14-17H2,1-7H3,(H,31,35)(H,32,37)/t20-,21+,22+,23-/m1/s1. The third kappa shape index (κ3) is 8.60. The van der Waals surface area contributed by atoms with Crippen molar-refractivity contribution < 1.29 is 38.7 Å². The van der Waals surface area contributed by atoms with Crippen LogP contribution in [0.25, 0.3) is 0 Å². The van der Waals surface area contributed by atoms with Crippen molar-refractivity contribution in [2.45, 2.75) is 111 Å². The number of alkyl carbamates (subject to hydrolysis) is 1. The Morgan fingerprint density at radius 3 is 2.12 bits per heavy atom. The van der Waals surface area contributed by atoms with Gasteiger partial charge in [0.2, 0.25) is 11.8 Å². The highest BCUT2D eigenvalue weighted by Gasteiger charge is 2.47. The van der Waals surface area contributed by atoms with Crippen LogP contribution in [-0.4, -0.2) is 87.2 Å². The lowest BCUT2D eigenvalue weighted by Crippen LogP contribution is -2.59. The number of hydrogen-bond donors (Lipinski definition) is 4. The van der Waals surface area contributed by atoms with Crippen molar-refractivity contribution in [2.75, 3.05) is 6.54 Å². The molecule has 4 N–H and O–H groups in total. The van der Waals surface area contributed by atoms with Crippen LogP contribution in [0, 0.1) is 5.41 Å². The highest BCUT2D eigenvalue weighted by atomic mass is 16.6. The third-order valence-electron chi connectivity index (χ3n) is 7.28. The second kappa shape index (κ2) is 13.3. The number of carbonyl (C=O) groups excluding carboxylic acids is 4. The van der Waals surface area contributed by atoms with Gasteiger partial charge in [-0.3, -0.25) is 14.5 Å². The van der Waals surface area contributed by atoms with E-state index >= 15 is 0 Å². The van der Waals surface area contributed by atoms with Crippen LogP contribution in [0.15, 0.2) is 24.3 Å². The number of carbonyl (C=O) groups is 4. The molecule has 4 atom stereocenters. The summed E-state index contributed by atoms with van der Waals surface area (Å²) >= 11 is 0. The topological polar surface area (TPSA) is 158 Å². The quantitative estimate of drug-likeness (QED) is 0.337. The first-order valence-electron chi connectivity index (χ1n) is 14.5. The predicted octanol–water partition coefficient (Wildman–Crippen LogP) is 2.34. The zero-order chi connectivity index (χ0) is 31.4. The minimum Gasteiger partial charge on any atom is -0.444 e. The SMILES string of the molecule is CCC[C@H](NC(=O)[C@@H]1C[C@@H](OC(=O)N2Cc3ccccc3C2)CN1C(=O)[C@@H](NC(=O)OC(C)(C)C)C(C)(C)C)B(O)O. The largest absolute Gasteiger partial charge is 0.475 e. The van der Waals surface area contributed by atoms with Crippen LogP contribution in [0.1, 0.15) is 78.9 Å².